The van der Waals surface area contributed by atoms with Gasteiger partial charge in [-0.05, 0) is 35.2 Å². The van der Waals surface area contributed by atoms with Crippen LogP contribution in [-0.2, 0) is 0 Å². The third-order valence-corrected chi connectivity index (χ3v) is 4.20. The molecule has 0 aliphatic heterocycles. The van der Waals surface area contributed by atoms with E-state index in [1.165, 1.54) is 17.2 Å². The second-order valence-electron chi connectivity index (χ2n) is 4.56. The van der Waals surface area contributed by atoms with Crippen LogP contribution in [0.5, 0.6) is 0 Å². The maximum atomic E-state index is 13.2. The van der Waals surface area contributed by atoms with Crippen molar-refractivity contribution in [3.05, 3.63) is 70.0 Å². The molecule has 0 N–H and O–H groups in total. The summed E-state index contributed by atoms with van der Waals surface area (Å²) in [6, 6.07) is 13.0. The van der Waals surface area contributed by atoms with Gasteiger partial charge >= 0.3 is 0 Å². The van der Waals surface area contributed by atoms with Gasteiger partial charge in [0.15, 0.2) is 0 Å². The van der Waals surface area contributed by atoms with E-state index in [4.69, 9.17) is 23.2 Å². The van der Waals surface area contributed by atoms with Gasteiger partial charge in [0.2, 0.25) is 0 Å². The highest BCUT2D eigenvalue weighted by Gasteiger charge is 2.30. The molecule has 0 spiro atoms. The molecule has 0 heterocycles. The molecule has 0 aromatic heterocycles. The molecule has 0 saturated carbocycles. The lowest BCUT2D eigenvalue weighted by molar-refractivity contribution is 0.626. The molecule has 3 heteroatoms. The van der Waals surface area contributed by atoms with Crippen LogP contribution >= 0.6 is 23.2 Å². The number of rotatable bonds is 1. The molecule has 0 nitrogen and oxygen atoms in total. The molecule has 0 bridgehead atoms. The Morgan fingerprint density at radius 1 is 1.06 bits per heavy atom. The van der Waals surface area contributed by atoms with Gasteiger partial charge in [-0.25, -0.2) is 4.39 Å². The van der Waals surface area contributed by atoms with E-state index >= 15 is 0 Å². The zero-order valence-electron chi connectivity index (χ0n) is 9.54. The highest BCUT2D eigenvalue weighted by molar-refractivity contribution is 6.30. The van der Waals surface area contributed by atoms with Gasteiger partial charge in [-0.2, -0.15) is 0 Å². The molecule has 1 aliphatic rings. The van der Waals surface area contributed by atoms with Crippen LogP contribution in [0, 0.1) is 5.82 Å². The van der Waals surface area contributed by atoms with Crippen LogP contribution in [0.4, 0.5) is 4.39 Å². The molecule has 0 unspecified atom stereocenters. The minimum atomic E-state index is -0.380. The Morgan fingerprint density at radius 2 is 1.78 bits per heavy atom. The van der Waals surface area contributed by atoms with Crippen LogP contribution < -0.4 is 0 Å². The van der Waals surface area contributed by atoms with E-state index in [-0.39, 0.29) is 22.1 Å². The van der Waals surface area contributed by atoms with E-state index in [9.17, 15) is 4.39 Å². The summed E-state index contributed by atoms with van der Waals surface area (Å²) in [6.45, 7) is 0. The van der Waals surface area contributed by atoms with Gasteiger partial charge in [0.1, 0.15) is 5.82 Å². The predicted molar refractivity (Wildman–Crippen MR) is 72.9 cm³/mol. The van der Waals surface area contributed by atoms with E-state index in [2.05, 4.69) is 12.1 Å². The van der Waals surface area contributed by atoms with Crippen molar-refractivity contribution in [1.82, 2.24) is 0 Å². The largest absolute Gasteiger partial charge is 0.205 e. The fourth-order valence-corrected chi connectivity index (χ4v) is 3.19. The van der Waals surface area contributed by atoms with Gasteiger partial charge in [0, 0.05) is 5.92 Å². The van der Waals surface area contributed by atoms with Crippen molar-refractivity contribution in [2.45, 2.75) is 17.7 Å². The van der Waals surface area contributed by atoms with Crippen molar-refractivity contribution in [2.75, 3.05) is 0 Å². The molecule has 3 rings (SSSR count). The monoisotopic (exact) mass is 280 g/mol. The van der Waals surface area contributed by atoms with Crippen LogP contribution in [0.1, 0.15) is 34.4 Å². The second-order valence-corrected chi connectivity index (χ2v) is 5.49. The van der Waals surface area contributed by atoms with Crippen molar-refractivity contribution >= 4 is 23.2 Å². The summed E-state index contributed by atoms with van der Waals surface area (Å²) in [4.78, 5) is 0. The Kier molecular flexibility index (Phi) is 3.04. The van der Waals surface area contributed by atoms with Gasteiger partial charge < -0.3 is 0 Å². The number of alkyl halides is 1. The Bertz CT molecular complexity index is 595. The molecular formula is C15H11Cl2F. The third-order valence-electron chi connectivity index (χ3n) is 3.50. The maximum Gasteiger partial charge on any atom is 0.141 e. The number of hydrogen-bond acceptors (Lipinski definition) is 0. The smallest absolute Gasteiger partial charge is 0.141 e. The summed E-state index contributed by atoms with van der Waals surface area (Å²) < 4.78 is 13.2. The number of fused-ring (bicyclic) bond motifs is 1. The standard InChI is InChI=1S/C15H11Cl2F/c16-13-8-12(10-3-1-2-4-11(10)13)9-5-6-15(18)14(17)7-9/h1-7,12-13H,8H2/t12-,13+/m0/s1. The summed E-state index contributed by atoms with van der Waals surface area (Å²) >= 11 is 12.2. The van der Waals surface area contributed by atoms with Crippen LogP contribution in [0.3, 0.4) is 0 Å². The van der Waals surface area contributed by atoms with E-state index < -0.39 is 0 Å². The van der Waals surface area contributed by atoms with Crippen molar-refractivity contribution in [2.24, 2.45) is 0 Å². The first kappa shape index (κ1) is 12.0. The van der Waals surface area contributed by atoms with Crippen molar-refractivity contribution in [1.29, 1.82) is 0 Å². The van der Waals surface area contributed by atoms with E-state index in [1.807, 2.05) is 12.1 Å². The number of halogens is 3. The fourth-order valence-electron chi connectivity index (χ4n) is 2.62. The minimum Gasteiger partial charge on any atom is -0.205 e. The average molecular weight is 281 g/mol. The topological polar surface area (TPSA) is 0 Å². The first-order valence-corrected chi connectivity index (χ1v) is 6.66. The van der Waals surface area contributed by atoms with Gasteiger partial charge in [-0.1, -0.05) is 41.9 Å². The summed E-state index contributed by atoms with van der Waals surface area (Å²) in [7, 11) is 0. The Balaban J connectivity index is 2.06. The lowest BCUT2D eigenvalue weighted by atomic mass is 9.93. The second kappa shape index (κ2) is 4.56. The lowest BCUT2D eigenvalue weighted by Crippen LogP contribution is -1.96. The Hall–Kier alpha value is -1.05. The molecule has 18 heavy (non-hydrogen) atoms. The van der Waals surface area contributed by atoms with Crippen molar-refractivity contribution < 1.29 is 4.39 Å². The molecule has 2 atom stereocenters. The zero-order valence-corrected chi connectivity index (χ0v) is 11.0. The van der Waals surface area contributed by atoms with Crippen LogP contribution in [0.25, 0.3) is 0 Å². The van der Waals surface area contributed by atoms with Crippen molar-refractivity contribution in [3.8, 4) is 0 Å². The predicted octanol–water partition coefficient (Wildman–Crippen LogP) is 5.29. The van der Waals surface area contributed by atoms with E-state index in [1.54, 1.807) is 12.1 Å². The summed E-state index contributed by atoms with van der Waals surface area (Å²) in [5.74, 6) is -0.170. The minimum absolute atomic E-state index is 0.0232. The Morgan fingerprint density at radius 3 is 2.50 bits per heavy atom. The highest BCUT2D eigenvalue weighted by atomic mass is 35.5. The fraction of sp³-hybridized carbons (Fsp3) is 0.200. The lowest BCUT2D eigenvalue weighted by Gasteiger charge is -2.12. The molecule has 2 aromatic carbocycles. The van der Waals surface area contributed by atoms with E-state index in [0.29, 0.717) is 0 Å². The van der Waals surface area contributed by atoms with Crippen LogP contribution in [0.15, 0.2) is 42.5 Å². The summed E-state index contributed by atoms with van der Waals surface area (Å²) in [5, 5.41) is 0.193. The average Bonchev–Trinajstić information content (AvgIpc) is 2.71. The summed E-state index contributed by atoms with van der Waals surface area (Å²) in [6.07, 6.45) is 0.836. The quantitative estimate of drug-likeness (QED) is 0.623. The molecular weight excluding hydrogens is 270 g/mol. The van der Waals surface area contributed by atoms with Gasteiger partial charge in [0.25, 0.3) is 0 Å². The molecule has 1 aliphatic carbocycles. The zero-order chi connectivity index (χ0) is 12.7. The summed E-state index contributed by atoms with van der Waals surface area (Å²) in [5.41, 5.74) is 3.42. The first-order valence-electron chi connectivity index (χ1n) is 5.84. The van der Waals surface area contributed by atoms with E-state index in [0.717, 1.165) is 12.0 Å². The van der Waals surface area contributed by atoms with Crippen LogP contribution in [-0.4, -0.2) is 0 Å². The SMILES string of the molecule is Fc1ccc([C@@H]2C[C@@H](Cl)c3ccccc32)cc1Cl. The maximum absolute atomic E-state index is 13.2. The first-order chi connectivity index (χ1) is 8.66. The normalized spacial score (nSPS) is 21.9. The molecule has 92 valence electrons. The van der Waals surface area contributed by atoms with Gasteiger partial charge in [-0.15, -0.1) is 11.6 Å². The van der Waals surface area contributed by atoms with Gasteiger partial charge in [0.05, 0.1) is 10.4 Å². The Labute approximate surface area is 115 Å². The van der Waals surface area contributed by atoms with Crippen LogP contribution in [0.2, 0.25) is 5.02 Å². The molecule has 0 saturated heterocycles. The molecule has 2 aromatic rings. The number of hydrogen-bond donors (Lipinski definition) is 0. The van der Waals surface area contributed by atoms with Gasteiger partial charge in [-0.3, -0.25) is 0 Å². The molecule has 0 amide bonds. The van der Waals surface area contributed by atoms with Crippen molar-refractivity contribution in [3.63, 3.8) is 0 Å². The number of benzene rings is 2. The third kappa shape index (κ3) is 1.92. The molecule has 0 radical (unpaired) electrons. The molecule has 0 fully saturated rings. The highest BCUT2D eigenvalue weighted by Crippen LogP contribution is 2.47.